The third-order valence-corrected chi connectivity index (χ3v) is 3.10. The number of carbonyl (C=O) groups excluding carboxylic acids is 1. The SMILES string of the molecule is C=CCN1C(=O)C(CCCCCC)NC1=S. The van der Waals surface area contributed by atoms with Crippen molar-refractivity contribution >= 4 is 23.2 Å². The molecule has 1 fully saturated rings. The Labute approximate surface area is 103 Å². The van der Waals surface area contributed by atoms with Crippen molar-refractivity contribution in [1.82, 2.24) is 10.2 Å². The average Bonchev–Trinajstić information content (AvgIpc) is 2.53. The maximum Gasteiger partial charge on any atom is 0.251 e. The Balaban J connectivity index is 2.36. The summed E-state index contributed by atoms with van der Waals surface area (Å²) in [6.07, 6.45) is 7.31. The summed E-state index contributed by atoms with van der Waals surface area (Å²) in [5.74, 6) is 0.0985. The molecule has 1 aliphatic heterocycles. The summed E-state index contributed by atoms with van der Waals surface area (Å²) in [6.45, 7) is 6.31. The Morgan fingerprint density at radius 2 is 2.25 bits per heavy atom. The first kappa shape index (κ1) is 13.2. The molecule has 0 radical (unpaired) electrons. The van der Waals surface area contributed by atoms with Gasteiger partial charge in [0.25, 0.3) is 5.91 Å². The van der Waals surface area contributed by atoms with Gasteiger partial charge in [-0.3, -0.25) is 9.69 Å². The summed E-state index contributed by atoms with van der Waals surface area (Å²) in [5, 5.41) is 3.62. The van der Waals surface area contributed by atoms with Crippen LogP contribution in [0.15, 0.2) is 12.7 Å². The van der Waals surface area contributed by atoms with Crippen LogP contribution in [0.4, 0.5) is 0 Å². The Bertz CT molecular complexity index is 278. The van der Waals surface area contributed by atoms with Gasteiger partial charge in [0.05, 0.1) is 0 Å². The summed E-state index contributed by atoms with van der Waals surface area (Å²) in [5.41, 5.74) is 0. The van der Waals surface area contributed by atoms with Crippen molar-refractivity contribution in [3.63, 3.8) is 0 Å². The van der Waals surface area contributed by atoms with Crippen LogP contribution in [0, 0.1) is 0 Å². The number of nitrogens with zero attached hydrogens (tertiary/aromatic N) is 1. The van der Waals surface area contributed by atoms with E-state index in [0.717, 1.165) is 12.8 Å². The van der Waals surface area contributed by atoms with E-state index in [1.807, 2.05) is 0 Å². The van der Waals surface area contributed by atoms with Crippen LogP contribution in [0.3, 0.4) is 0 Å². The minimum atomic E-state index is -0.107. The summed E-state index contributed by atoms with van der Waals surface area (Å²) in [7, 11) is 0. The molecule has 4 heteroatoms. The van der Waals surface area contributed by atoms with Crippen LogP contribution in [0.2, 0.25) is 0 Å². The molecule has 1 saturated heterocycles. The molecule has 16 heavy (non-hydrogen) atoms. The van der Waals surface area contributed by atoms with E-state index in [1.165, 1.54) is 19.3 Å². The second-order valence-corrected chi connectivity index (χ2v) is 4.48. The topological polar surface area (TPSA) is 32.3 Å². The molecule has 1 aliphatic rings. The van der Waals surface area contributed by atoms with Crippen molar-refractivity contribution in [1.29, 1.82) is 0 Å². The second kappa shape index (κ2) is 6.63. The van der Waals surface area contributed by atoms with E-state index in [1.54, 1.807) is 11.0 Å². The van der Waals surface area contributed by atoms with Gasteiger partial charge in [-0.1, -0.05) is 38.7 Å². The molecule has 0 aromatic heterocycles. The Morgan fingerprint density at radius 1 is 1.50 bits per heavy atom. The lowest BCUT2D eigenvalue weighted by Crippen LogP contribution is -2.31. The van der Waals surface area contributed by atoms with Crippen LogP contribution in [-0.2, 0) is 4.79 Å². The van der Waals surface area contributed by atoms with Crippen LogP contribution >= 0.6 is 12.2 Å². The molecule has 90 valence electrons. The lowest BCUT2D eigenvalue weighted by molar-refractivity contribution is -0.126. The quantitative estimate of drug-likeness (QED) is 0.421. The molecule has 1 atom stereocenters. The number of carbonyl (C=O) groups is 1. The second-order valence-electron chi connectivity index (χ2n) is 4.09. The van der Waals surface area contributed by atoms with E-state index in [4.69, 9.17) is 12.2 Å². The molecule has 1 N–H and O–H groups in total. The van der Waals surface area contributed by atoms with Gasteiger partial charge in [-0.05, 0) is 18.6 Å². The lowest BCUT2D eigenvalue weighted by Gasteiger charge is -2.11. The fraction of sp³-hybridized carbons (Fsp3) is 0.667. The highest BCUT2D eigenvalue weighted by molar-refractivity contribution is 7.80. The zero-order valence-electron chi connectivity index (χ0n) is 9.87. The first-order chi connectivity index (χ1) is 7.70. The van der Waals surface area contributed by atoms with Gasteiger partial charge in [-0.25, -0.2) is 0 Å². The molecule has 0 aromatic rings. The van der Waals surface area contributed by atoms with Gasteiger partial charge in [0.15, 0.2) is 5.11 Å². The Kier molecular flexibility index (Phi) is 5.46. The van der Waals surface area contributed by atoms with E-state index in [2.05, 4.69) is 18.8 Å². The number of rotatable bonds is 7. The molecule has 1 heterocycles. The standard InChI is InChI=1S/C12H20N2OS/c1-3-5-6-7-8-10-11(15)14(9-4-2)12(16)13-10/h4,10H,2-3,5-9H2,1H3,(H,13,16). The van der Waals surface area contributed by atoms with Crippen LogP contribution in [0.5, 0.6) is 0 Å². The number of thiocarbonyl (C=S) groups is 1. The van der Waals surface area contributed by atoms with Gasteiger partial charge < -0.3 is 5.32 Å². The zero-order valence-corrected chi connectivity index (χ0v) is 10.7. The third kappa shape index (κ3) is 3.30. The fourth-order valence-electron chi connectivity index (χ4n) is 1.85. The fourth-order valence-corrected chi connectivity index (χ4v) is 2.16. The predicted molar refractivity (Wildman–Crippen MR) is 70.2 cm³/mol. The highest BCUT2D eigenvalue weighted by Gasteiger charge is 2.33. The summed E-state index contributed by atoms with van der Waals surface area (Å²) >= 11 is 5.11. The highest BCUT2D eigenvalue weighted by atomic mass is 32.1. The van der Waals surface area contributed by atoms with Crippen molar-refractivity contribution in [2.75, 3.05) is 6.54 Å². The van der Waals surface area contributed by atoms with Crippen molar-refractivity contribution in [3.05, 3.63) is 12.7 Å². The first-order valence-corrected chi connectivity index (χ1v) is 6.34. The van der Waals surface area contributed by atoms with Crippen LogP contribution in [0.1, 0.15) is 39.0 Å². The van der Waals surface area contributed by atoms with E-state index in [0.29, 0.717) is 11.7 Å². The highest BCUT2D eigenvalue weighted by Crippen LogP contribution is 2.13. The van der Waals surface area contributed by atoms with Crippen molar-refractivity contribution in [2.45, 2.75) is 45.1 Å². The molecule has 0 saturated carbocycles. The lowest BCUT2D eigenvalue weighted by atomic mass is 10.1. The van der Waals surface area contributed by atoms with Gasteiger partial charge >= 0.3 is 0 Å². The first-order valence-electron chi connectivity index (χ1n) is 5.93. The third-order valence-electron chi connectivity index (χ3n) is 2.77. The minimum absolute atomic E-state index is 0.0985. The number of nitrogens with one attached hydrogen (secondary N) is 1. The molecular weight excluding hydrogens is 220 g/mol. The van der Waals surface area contributed by atoms with E-state index >= 15 is 0 Å². The number of hydrogen-bond acceptors (Lipinski definition) is 2. The molecule has 1 rings (SSSR count). The predicted octanol–water partition coefficient (Wildman–Crippen LogP) is 2.23. The largest absolute Gasteiger partial charge is 0.350 e. The summed E-state index contributed by atoms with van der Waals surface area (Å²) < 4.78 is 0. The molecule has 0 aliphatic carbocycles. The normalized spacial score (nSPS) is 20.1. The van der Waals surface area contributed by atoms with Gasteiger partial charge in [0, 0.05) is 6.54 Å². The molecule has 0 aromatic carbocycles. The van der Waals surface area contributed by atoms with Crippen LogP contribution in [-0.4, -0.2) is 28.5 Å². The van der Waals surface area contributed by atoms with Crippen LogP contribution < -0.4 is 5.32 Å². The minimum Gasteiger partial charge on any atom is -0.350 e. The van der Waals surface area contributed by atoms with E-state index in [-0.39, 0.29) is 11.9 Å². The maximum absolute atomic E-state index is 11.9. The molecule has 1 unspecified atom stereocenters. The van der Waals surface area contributed by atoms with Crippen molar-refractivity contribution in [2.24, 2.45) is 0 Å². The van der Waals surface area contributed by atoms with Crippen molar-refractivity contribution in [3.8, 4) is 0 Å². The van der Waals surface area contributed by atoms with Gasteiger partial charge in [-0.15, -0.1) is 6.58 Å². The number of unbranched alkanes of at least 4 members (excludes halogenated alkanes) is 3. The molecule has 0 bridgehead atoms. The molecule has 3 nitrogen and oxygen atoms in total. The molecular formula is C12H20N2OS. The Morgan fingerprint density at radius 3 is 2.88 bits per heavy atom. The monoisotopic (exact) mass is 240 g/mol. The Hall–Kier alpha value is -0.900. The summed E-state index contributed by atoms with van der Waals surface area (Å²) in [4.78, 5) is 13.5. The van der Waals surface area contributed by atoms with Gasteiger partial charge in [0.1, 0.15) is 6.04 Å². The molecule has 1 amide bonds. The van der Waals surface area contributed by atoms with Crippen LogP contribution in [0.25, 0.3) is 0 Å². The zero-order chi connectivity index (χ0) is 12.0. The van der Waals surface area contributed by atoms with Gasteiger partial charge in [0.2, 0.25) is 0 Å². The van der Waals surface area contributed by atoms with E-state index < -0.39 is 0 Å². The van der Waals surface area contributed by atoms with Crippen molar-refractivity contribution < 1.29 is 4.79 Å². The molecule has 0 spiro atoms. The number of amides is 1. The van der Waals surface area contributed by atoms with Gasteiger partial charge in [-0.2, -0.15) is 0 Å². The maximum atomic E-state index is 11.9. The average molecular weight is 240 g/mol. The number of hydrogen-bond donors (Lipinski definition) is 1. The summed E-state index contributed by atoms with van der Waals surface area (Å²) in [6, 6.07) is -0.107. The smallest absolute Gasteiger partial charge is 0.251 e. The van der Waals surface area contributed by atoms with E-state index in [9.17, 15) is 4.79 Å².